The summed E-state index contributed by atoms with van der Waals surface area (Å²) >= 11 is 0. The van der Waals surface area contributed by atoms with Crippen LogP contribution in [0.25, 0.3) is 0 Å². The molecule has 0 aromatic carbocycles. The zero-order valence-corrected chi connectivity index (χ0v) is 11.4. The van der Waals surface area contributed by atoms with Gasteiger partial charge in [-0.3, -0.25) is 0 Å². The number of rotatable bonds is 8. The number of nitrogens with zero attached hydrogens (tertiary/aromatic N) is 2. The first-order valence-electron chi connectivity index (χ1n) is 5.98. The molecule has 1 atom stereocenters. The molecule has 92 valence electrons. The maximum atomic E-state index is 3.28. The first-order valence-corrected chi connectivity index (χ1v) is 5.98. The van der Waals surface area contributed by atoms with Gasteiger partial charge in [0.1, 0.15) is 0 Å². The van der Waals surface area contributed by atoms with Crippen LogP contribution in [0.2, 0.25) is 0 Å². The molecule has 0 aliphatic heterocycles. The lowest BCUT2D eigenvalue weighted by Gasteiger charge is -2.31. The molecule has 0 heterocycles. The third-order valence-corrected chi connectivity index (χ3v) is 2.87. The van der Waals surface area contributed by atoms with Crippen molar-refractivity contribution in [2.24, 2.45) is 5.92 Å². The van der Waals surface area contributed by atoms with Gasteiger partial charge in [-0.25, -0.2) is 0 Å². The average Bonchev–Trinajstić information content (AvgIpc) is 2.12. The van der Waals surface area contributed by atoms with E-state index in [1.165, 1.54) is 19.5 Å². The summed E-state index contributed by atoms with van der Waals surface area (Å²) in [6, 6.07) is 0.650. The van der Waals surface area contributed by atoms with Crippen molar-refractivity contribution in [3.05, 3.63) is 0 Å². The van der Waals surface area contributed by atoms with Gasteiger partial charge in [-0.1, -0.05) is 13.8 Å². The second-order valence-corrected chi connectivity index (χ2v) is 5.01. The number of hydrogen-bond acceptors (Lipinski definition) is 3. The van der Waals surface area contributed by atoms with E-state index in [4.69, 9.17) is 0 Å². The second kappa shape index (κ2) is 8.08. The van der Waals surface area contributed by atoms with E-state index in [0.717, 1.165) is 6.54 Å². The lowest BCUT2D eigenvalue weighted by molar-refractivity contribution is 0.182. The van der Waals surface area contributed by atoms with E-state index in [1.54, 1.807) is 0 Å². The first-order chi connectivity index (χ1) is 6.99. The third-order valence-electron chi connectivity index (χ3n) is 2.87. The van der Waals surface area contributed by atoms with Crippen LogP contribution < -0.4 is 5.32 Å². The van der Waals surface area contributed by atoms with Gasteiger partial charge >= 0.3 is 0 Å². The van der Waals surface area contributed by atoms with Crippen molar-refractivity contribution in [1.82, 2.24) is 15.1 Å². The minimum absolute atomic E-state index is 0.650. The molecule has 0 aliphatic carbocycles. The average molecular weight is 215 g/mol. The molecule has 0 aromatic rings. The first kappa shape index (κ1) is 14.9. The van der Waals surface area contributed by atoms with Crippen LogP contribution in [-0.2, 0) is 0 Å². The molecule has 15 heavy (non-hydrogen) atoms. The van der Waals surface area contributed by atoms with Crippen molar-refractivity contribution < 1.29 is 0 Å². The summed E-state index contributed by atoms with van der Waals surface area (Å²) in [4.78, 5) is 4.72. The summed E-state index contributed by atoms with van der Waals surface area (Å²) in [7, 11) is 8.53. The Kier molecular flexibility index (Phi) is 8.02. The molecule has 1 N–H and O–H groups in total. The Morgan fingerprint density at radius 3 is 2.07 bits per heavy atom. The van der Waals surface area contributed by atoms with Gasteiger partial charge in [0.2, 0.25) is 0 Å². The smallest absolute Gasteiger partial charge is 0.0240 e. The topological polar surface area (TPSA) is 18.5 Å². The largest absolute Gasteiger partial charge is 0.318 e. The molecule has 0 saturated carbocycles. The van der Waals surface area contributed by atoms with Crippen LogP contribution in [-0.4, -0.2) is 63.7 Å². The predicted molar refractivity (Wildman–Crippen MR) is 68.4 cm³/mol. The van der Waals surface area contributed by atoms with E-state index in [0.29, 0.717) is 12.0 Å². The highest BCUT2D eigenvalue weighted by molar-refractivity contribution is 4.74. The second-order valence-electron chi connectivity index (χ2n) is 5.01. The van der Waals surface area contributed by atoms with Crippen molar-refractivity contribution in [1.29, 1.82) is 0 Å². The molecule has 0 radical (unpaired) electrons. The Hall–Kier alpha value is -0.120. The molecule has 0 rings (SSSR count). The lowest BCUT2D eigenvalue weighted by Crippen LogP contribution is -2.43. The highest BCUT2D eigenvalue weighted by atomic mass is 15.2. The van der Waals surface area contributed by atoms with E-state index in [9.17, 15) is 0 Å². The Labute approximate surface area is 95.8 Å². The Bertz CT molecular complexity index is 146. The van der Waals surface area contributed by atoms with Gasteiger partial charge < -0.3 is 15.1 Å². The third kappa shape index (κ3) is 6.88. The van der Waals surface area contributed by atoms with Gasteiger partial charge in [0.25, 0.3) is 0 Å². The molecule has 3 nitrogen and oxygen atoms in total. The van der Waals surface area contributed by atoms with Gasteiger partial charge in [0, 0.05) is 12.6 Å². The van der Waals surface area contributed by atoms with E-state index in [1.807, 2.05) is 7.05 Å². The normalized spacial score (nSPS) is 14.2. The molecule has 0 saturated heterocycles. The van der Waals surface area contributed by atoms with Crippen LogP contribution in [0.1, 0.15) is 20.3 Å². The van der Waals surface area contributed by atoms with E-state index in [-0.39, 0.29) is 0 Å². The summed E-state index contributed by atoms with van der Waals surface area (Å²) < 4.78 is 0. The van der Waals surface area contributed by atoms with Crippen molar-refractivity contribution in [3.8, 4) is 0 Å². The molecule has 0 amide bonds. The Morgan fingerprint density at radius 1 is 1.07 bits per heavy atom. The maximum Gasteiger partial charge on any atom is 0.0240 e. The van der Waals surface area contributed by atoms with Crippen molar-refractivity contribution in [2.45, 2.75) is 26.3 Å². The van der Waals surface area contributed by atoms with Crippen molar-refractivity contribution in [3.63, 3.8) is 0 Å². The molecular formula is C12H29N3. The fraction of sp³-hybridized carbons (Fsp3) is 1.00. The molecule has 0 aromatic heterocycles. The highest BCUT2D eigenvalue weighted by Gasteiger charge is 2.16. The molecule has 0 fully saturated rings. The maximum absolute atomic E-state index is 3.28. The monoisotopic (exact) mass is 215 g/mol. The zero-order valence-electron chi connectivity index (χ0n) is 11.4. The molecular weight excluding hydrogens is 186 g/mol. The van der Waals surface area contributed by atoms with E-state index < -0.39 is 0 Å². The summed E-state index contributed by atoms with van der Waals surface area (Å²) in [5.41, 5.74) is 0. The molecule has 0 bridgehead atoms. The van der Waals surface area contributed by atoms with Crippen molar-refractivity contribution >= 4 is 0 Å². The lowest BCUT2D eigenvalue weighted by atomic mass is 10.0. The zero-order chi connectivity index (χ0) is 11.8. The minimum atomic E-state index is 0.650. The van der Waals surface area contributed by atoms with Crippen LogP contribution in [0.15, 0.2) is 0 Å². The number of hydrogen-bond donors (Lipinski definition) is 1. The van der Waals surface area contributed by atoms with Crippen LogP contribution >= 0.6 is 0 Å². The standard InChI is InChI=1S/C12H29N3/c1-11(2)12(10-13-3)15(6)9-7-8-14(4)5/h11-13H,7-10H2,1-6H3. The Morgan fingerprint density at radius 2 is 1.67 bits per heavy atom. The van der Waals surface area contributed by atoms with Gasteiger partial charge in [0.15, 0.2) is 0 Å². The van der Waals surface area contributed by atoms with Crippen LogP contribution in [0.4, 0.5) is 0 Å². The summed E-state index contributed by atoms with van der Waals surface area (Å²) in [5, 5.41) is 3.28. The molecule has 3 heteroatoms. The van der Waals surface area contributed by atoms with Gasteiger partial charge in [-0.15, -0.1) is 0 Å². The molecule has 0 spiro atoms. The molecule has 1 unspecified atom stereocenters. The minimum Gasteiger partial charge on any atom is -0.318 e. The fourth-order valence-corrected chi connectivity index (χ4v) is 1.91. The summed E-state index contributed by atoms with van der Waals surface area (Å²) in [6.07, 6.45) is 1.25. The SMILES string of the molecule is CNCC(C(C)C)N(C)CCCN(C)C. The van der Waals surface area contributed by atoms with Gasteiger partial charge in [-0.2, -0.15) is 0 Å². The van der Waals surface area contributed by atoms with Crippen LogP contribution in [0.3, 0.4) is 0 Å². The van der Waals surface area contributed by atoms with Gasteiger partial charge in [-0.05, 0) is 53.6 Å². The summed E-state index contributed by atoms with van der Waals surface area (Å²) in [5.74, 6) is 0.710. The van der Waals surface area contributed by atoms with E-state index >= 15 is 0 Å². The Balaban J connectivity index is 3.86. The number of likely N-dealkylation sites (N-methyl/N-ethyl adjacent to an activating group) is 2. The van der Waals surface area contributed by atoms with Crippen molar-refractivity contribution in [2.75, 3.05) is 47.8 Å². The van der Waals surface area contributed by atoms with Gasteiger partial charge in [0.05, 0.1) is 0 Å². The predicted octanol–water partition coefficient (Wildman–Crippen LogP) is 1.11. The van der Waals surface area contributed by atoms with Crippen LogP contribution in [0, 0.1) is 5.92 Å². The quantitative estimate of drug-likeness (QED) is 0.654. The van der Waals surface area contributed by atoms with E-state index in [2.05, 4.69) is 50.1 Å². The highest BCUT2D eigenvalue weighted by Crippen LogP contribution is 2.08. The summed E-state index contributed by atoms with van der Waals surface area (Å²) in [6.45, 7) is 8.03. The van der Waals surface area contributed by atoms with Crippen LogP contribution in [0.5, 0.6) is 0 Å². The number of nitrogens with one attached hydrogen (secondary N) is 1. The molecule has 0 aliphatic rings. The fourth-order valence-electron chi connectivity index (χ4n) is 1.91.